The molecule has 6 rings (SSSR count). The van der Waals surface area contributed by atoms with Crippen molar-refractivity contribution in [2.75, 3.05) is 20.3 Å². The third-order valence-electron chi connectivity index (χ3n) is 15.2. The number of methoxy groups -OCH3 is 1. The number of carbonyl (C=O) groups excluding carboxylic acids is 7. The molecular weight excluding hydrogens is 865 g/mol. The molecule has 0 amide bonds. The van der Waals surface area contributed by atoms with Crippen LogP contribution in [-0.4, -0.2) is 123 Å². The molecule has 2 aliphatic heterocycles. The van der Waals surface area contributed by atoms with Crippen LogP contribution in [0.15, 0.2) is 23.8 Å². The predicted molar refractivity (Wildman–Crippen MR) is 228 cm³/mol. The molecule has 0 bridgehead atoms. The van der Waals surface area contributed by atoms with Gasteiger partial charge in [0.15, 0.2) is 30.4 Å². The van der Waals surface area contributed by atoms with Crippen LogP contribution in [0.2, 0.25) is 0 Å². The Labute approximate surface area is 386 Å². The van der Waals surface area contributed by atoms with Crippen molar-refractivity contribution < 1.29 is 85.7 Å². The molecule has 0 aromatic heterocycles. The van der Waals surface area contributed by atoms with Crippen molar-refractivity contribution in [1.82, 2.24) is 0 Å². The summed E-state index contributed by atoms with van der Waals surface area (Å²) in [6.07, 6.45) is -2.45. The molecule has 4 aliphatic carbocycles. The van der Waals surface area contributed by atoms with Gasteiger partial charge in [-0.05, 0) is 48.9 Å². The second-order valence-corrected chi connectivity index (χ2v) is 19.5. The highest BCUT2D eigenvalue weighted by atomic mass is 16.7. The van der Waals surface area contributed by atoms with E-state index in [0.717, 1.165) is 39.2 Å². The van der Waals surface area contributed by atoms with E-state index >= 15 is 0 Å². The molecule has 17 atom stereocenters. The van der Waals surface area contributed by atoms with Crippen LogP contribution < -0.4 is 0 Å². The van der Waals surface area contributed by atoms with Crippen molar-refractivity contribution in [1.29, 1.82) is 0 Å². The summed E-state index contributed by atoms with van der Waals surface area (Å²) in [5.41, 5.74) is 0.642. The Balaban J connectivity index is 1.20. The Morgan fingerprint density at radius 1 is 0.758 bits per heavy atom. The average molecular weight is 933 g/mol. The van der Waals surface area contributed by atoms with Crippen LogP contribution in [0.25, 0.3) is 0 Å². The van der Waals surface area contributed by atoms with E-state index in [0.29, 0.717) is 37.7 Å². The molecule has 0 spiro atoms. The maximum Gasteiger partial charge on any atom is 0.303 e. The molecule has 368 valence electrons. The SMILES string of the molecule is C=C(CCC1(OC)OC2CC3C4CC=C5CC(OC(C)=O)CC(OC(C)=O)C5(C)C4C(OC(C)=O)CC3(C)C2C1C)COC1OC(COC(C)=O)C(OC(C)=O)C(OC(C)=O)C1OC(C)=O. The Kier molecular flexibility index (Phi) is 15.5. The van der Waals surface area contributed by atoms with Crippen LogP contribution in [0.5, 0.6) is 0 Å². The van der Waals surface area contributed by atoms with Crippen LogP contribution in [0.1, 0.15) is 114 Å². The number of carbonyl (C=O) groups is 7. The number of ether oxygens (including phenoxy) is 11. The second-order valence-electron chi connectivity index (χ2n) is 19.5. The van der Waals surface area contributed by atoms with E-state index in [1.807, 2.05) is 0 Å². The zero-order valence-electron chi connectivity index (χ0n) is 40.1. The summed E-state index contributed by atoms with van der Waals surface area (Å²) in [6, 6.07) is 0. The smallest absolute Gasteiger partial charge is 0.303 e. The third-order valence-corrected chi connectivity index (χ3v) is 15.2. The first-order chi connectivity index (χ1) is 30.9. The average Bonchev–Trinajstić information content (AvgIpc) is 3.65. The van der Waals surface area contributed by atoms with Gasteiger partial charge < -0.3 is 52.1 Å². The van der Waals surface area contributed by atoms with Crippen LogP contribution in [0.4, 0.5) is 0 Å². The lowest BCUT2D eigenvalue weighted by molar-refractivity contribution is -0.306. The van der Waals surface area contributed by atoms with E-state index < -0.39 is 96.0 Å². The largest absolute Gasteiger partial charge is 0.463 e. The molecule has 66 heavy (non-hydrogen) atoms. The molecule has 0 N–H and O–H groups in total. The first-order valence-electron chi connectivity index (χ1n) is 23.0. The number of fused-ring (bicyclic) bond motifs is 7. The van der Waals surface area contributed by atoms with Crippen LogP contribution >= 0.6 is 0 Å². The van der Waals surface area contributed by atoms with E-state index in [1.165, 1.54) is 27.7 Å². The van der Waals surface area contributed by atoms with Gasteiger partial charge in [-0.3, -0.25) is 33.6 Å². The summed E-state index contributed by atoms with van der Waals surface area (Å²) in [5, 5.41) is 0. The van der Waals surface area contributed by atoms with Gasteiger partial charge in [0.25, 0.3) is 0 Å². The van der Waals surface area contributed by atoms with Crippen LogP contribution in [-0.2, 0) is 85.7 Å². The van der Waals surface area contributed by atoms with Gasteiger partial charge in [0.2, 0.25) is 0 Å². The van der Waals surface area contributed by atoms with E-state index in [4.69, 9.17) is 52.1 Å². The summed E-state index contributed by atoms with van der Waals surface area (Å²) in [6.45, 7) is 19.1. The fraction of sp³-hybridized carbons (Fsp3) is 0.771. The molecule has 6 aliphatic rings. The molecule has 2 saturated heterocycles. The summed E-state index contributed by atoms with van der Waals surface area (Å²) in [4.78, 5) is 86.2. The van der Waals surface area contributed by atoms with Gasteiger partial charge in [0, 0.05) is 92.1 Å². The van der Waals surface area contributed by atoms with Gasteiger partial charge in [-0.25, -0.2) is 0 Å². The summed E-state index contributed by atoms with van der Waals surface area (Å²) in [5.74, 6) is -5.15. The highest BCUT2D eigenvalue weighted by molar-refractivity contribution is 5.69. The number of esters is 7. The molecule has 3 saturated carbocycles. The van der Waals surface area contributed by atoms with E-state index in [9.17, 15) is 33.6 Å². The van der Waals surface area contributed by atoms with Crippen molar-refractivity contribution in [3.8, 4) is 0 Å². The maximum atomic E-state index is 12.9. The van der Waals surface area contributed by atoms with Gasteiger partial charge in [0.1, 0.15) is 31.0 Å². The lowest BCUT2D eigenvalue weighted by Gasteiger charge is -2.61. The zero-order valence-corrected chi connectivity index (χ0v) is 40.1. The highest BCUT2D eigenvalue weighted by Gasteiger charge is 2.71. The van der Waals surface area contributed by atoms with Gasteiger partial charge in [-0.2, -0.15) is 0 Å². The minimum absolute atomic E-state index is 0.0192. The third kappa shape index (κ3) is 10.2. The van der Waals surface area contributed by atoms with Gasteiger partial charge in [0.05, 0.1) is 12.7 Å². The van der Waals surface area contributed by atoms with E-state index in [-0.39, 0.29) is 60.3 Å². The number of rotatable bonds is 15. The molecule has 5 fully saturated rings. The fourth-order valence-corrected chi connectivity index (χ4v) is 13.0. The summed E-state index contributed by atoms with van der Waals surface area (Å²) >= 11 is 0. The molecule has 0 radical (unpaired) electrons. The van der Waals surface area contributed by atoms with Crippen molar-refractivity contribution >= 4 is 41.8 Å². The Bertz CT molecular complexity index is 1950. The Hall–Kier alpha value is -4.39. The lowest BCUT2D eigenvalue weighted by Crippen LogP contribution is -2.63. The van der Waals surface area contributed by atoms with Gasteiger partial charge >= 0.3 is 41.8 Å². The fourth-order valence-electron chi connectivity index (χ4n) is 13.0. The Morgan fingerprint density at radius 2 is 1.36 bits per heavy atom. The normalized spacial score (nSPS) is 39.8. The van der Waals surface area contributed by atoms with Crippen molar-refractivity contribution in [2.24, 2.45) is 40.4 Å². The van der Waals surface area contributed by atoms with Crippen LogP contribution in [0.3, 0.4) is 0 Å². The zero-order chi connectivity index (χ0) is 48.6. The molecule has 0 aromatic rings. The number of hydrogen-bond donors (Lipinski definition) is 0. The predicted octanol–water partition coefficient (Wildman–Crippen LogP) is 5.00. The standard InChI is InChI=1S/C48H68O18/c1-23(21-58-45-44(64-31(9)55)43(63-30(8)54)42(62-29(7)53)38(65-45)22-57-25(3)49)15-16-48(56-12)24(2)40-36(66-48)19-35-34-14-13-32-17-33(59-26(4)50)18-39(61-28(6)52)47(32,11)41(34)37(60-27(5)51)20-46(35,40)10/h13,24,33-45H,1,14-22H2,2-12H3. The molecular formula is C48H68O18. The minimum Gasteiger partial charge on any atom is -0.463 e. The van der Waals surface area contributed by atoms with Gasteiger partial charge in [-0.15, -0.1) is 0 Å². The Morgan fingerprint density at radius 3 is 1.95 bits per heavy atom. The molecule has 2 heterocycles. The monoisotopic (exact) mass is 932 g/mol. The van der Waals surface area contributed by atoms with Gasteiger partial charge in [-0.1, -0.05) is 44.6 Å². The van der Waals surface area contributed by atoms with Crippen LogP contribution in [0, 0.1) is 40.4 Å². The maximum absolute atomic E-state index is 12.9. The topological polar surface area (TPSA) is 221 Å². The molecule has 18 nitrogen and oxygen atoms in total. The van der Waals surface area contributed by atoms with Crippen molar-refractivity contribution in [2.45, 2.75) is 175 Å². The van der Waals surface area contributed by atoms with E-state index in [2.05, 4.69) is 33.4 Å². The molecule has 17 unspecified atom stereocenters. The van der Waals surface area contributed by atoms with E-state index in [1.54, 1.807) is 7.11 Å². The number of allylic oxidation sites excluding steroid dienone is 1. The minimum atomic E-state index is -1.38. The summed E-state index contributed by atoms with van der Waals surface area (Å²) in [7, 11) is 1.63. The second kappa shape index (κ2) is 20.1. The quantitative estimate of drug-likeness (QED) is 0.120. The van der Waals surface area contributed by atoms with Crippen molar-refractivity contribution in [3.63, 3.8) is 0 Å². The summed E-state index contributed by atoms with van der Waals surface area (Å²) < 4.78 is 65.4. The molecule has 18 heteroatoms. The molecule has 0 aromatic carbocycles. The number of hydrogen-bond acceptors (Lipinski definition) is 18. The highest BCUT2D eigenvalue weighted by Crippen LogP contribution is 2.71. The first-order valence-corrected chi connectivity index (χ1v) is 23.0. The van der Waals surface area contributed by atoms with Crippen molar-refractivity contribution in [3.05, 3.63) is 23.8 Å². The first kappa shape index (κ1) is 51.0. The lowest BCUT2D eigenvalue weighted by atomic mass is 9.45.